The molecular weight excluding hydrogens is 404 g/mol. The molecule has 3 aromatic carbocycles. The number of fused-ring (bicyclic) bond motifs is 2. The first-order chi connectivity index (χ1) is 15.7. The SMILES string of the molecule is COc1ccc(CCNC(=O)c2cc(-c3ccc4c(c3)OCO4)nc3ccccc23)cc1. The van der Waals surface area contributed by atoms with Crippen LogP contribution in [0.1, 0.15) is 15.9 Å². The van der Waals surface area contributed by atoms with Gasteiger partial charge in [-0.05, 0) is 54.4 Å². The lowest BCUT2D eigenvalue weighted by atomic mass is 10.0. The van der Waals surface area contributed by atoms with Gasteiger partial charge in [0, 0.05) is 17.5 Å². The second-order valence-corrected chi connectivity index (χ2v) is 7.49. The number of nitrogens with zero attached hydrogens (tertiary/aromatic N) is 1. The first-order valence-corrected chi connectivity index (χ1v) is 10.4. The molecule has 4 aromatic rings. The van der Waals surface area contributed by atoms with Gasteiger partial charge < -0.3 is 19.5 Å². The Bertz CT molecular complexity index is 1290. The Labute approximate surface area is 185 Å². The number of nitrogens with one attached hydrogen (secondary N) is 1. The van der Waals surface area contributed by atoms with Crippen molar-refractivity contribution in [3.8, 4) is 28.5 Å². The number of ether oxygens (including phenoxy) is 3. The molecule has 1 amide bonds. The second kappa shape index (κ2) is 8.59. The van der Waals surface area contributed by atoms with Crippen molar-refractivity contribution in [3.63, 3.8) is 0 Å². The number of carbonyl (C=O) groups excluding carboxylic acids is 1. The Morgan fingerprint density at radius 3 is 2.66 bits per heavy atom. The zero-order valence-corrected chi connectivity index (χ0v) is 17.6. The topological polar surface area (TPSA) is 69.7 Å². The number of para-hydroxylation sites is 1. The highest BCUT2D eigenvalue weighted by Crippen LogP contribution is 2.36. The van der Waals surface area contributed by atoms with Gasteiger partial charge in [0.05, 0.1) is 23.9 Å². The molecule has 0 saturated heterocycles. The van der Waals surface area contributed by atoms with Crippen molar-refractivity contribution in [1.29, 1.82) is 0 Å². The summed E-state index contributed by atoms with van der Waals surface area (Å²) in [5.41, 5.74) is 4.07. The van der Waals surface area contributed by atoms with Gasteiger partial charge >= 0.3 is 0 Å². The molecule has 5 rings (SSSR count). The fourth-order valence-electron chi connectivity index (χ4n) is 3.77. The molecule has 0 atom stereocenters. The molecule has 1 aliphatic heterocycles. The highest BCUT2D eigenvalue weighted by molar-refractivity contribution is 6.07. The molecule has 160 valence electrons. The first-order valence-electron chi connectivity index (χ1n) is 10.4. The molecule has 2 heterocycles. The smallest absolute Gasteiger partial charge is 0.252 e. The molecule has 1 aromatic heterocycles. The van der Waals surface area contributed by atoms with Crippen LogP contribution in [-0.2, 0) is 6.42 Å². The van der Waals surface area contributed by atoms with Crippen LogP contribution in [0.2, 0.25) is 0 Å². The van der Waals surface area contributed by atoms with E-state index in [9.17, 15) is 4.79 Å². The van der Waals surface area contributed by atoms with Gasteiger partial charge in [0.15, 0.2) is 11.5 Å². The summed E-state index contributed by atoms with van der Waals surface area (Å²) < 4.78 is 16.1. The molecule has 0 fully saturated rings. The number of hydrogen-bond acceptors (Lipinski definition) is 5. The number of rotatable bonds is 6. The molecule has 0 saturated carbocycles. The summed E-state index contributed by atoms with van der Waals surface area (Å²) in [5.74, 6) is 2.09. The van der Waals surface area contributed by atoms with Crippen LogP contribution in [-0.4, -0.2) is 31.3 Å². The number of hydrogen-bond donors (Lipinski definition) is 1. The maximum absolute atomic E-state index is 13.1. The van der Waals surface area contributed by atoms with E-state index in [1.165, 1.54) is 0 Å². The summed E-state index contributed by atoms with van der Waals surface area (Å²) in [4.78, 5) is 17.9. The van der Waals surface area contributed by atoms with Crippen LogP contribution in [0.3, 0.4) is 0 Å². The van der Waals surface area contributed by atoms with Crippen LogP contribution in [0.4, 0.5) is 0 Å². The predicted molar refractivity (Wildman–Crippen MR) is 122 cm³/mol. The van der Waals surface area contributed by atoms with E-state index in [1.54, 1.807) is 7.11 Å². The molecule has 32 heavy (non-hydrogen) atoms. The first kappa shape index (κ1) is 19.9. The van der Waals surface area contributed by atoms with Crippen LogP contribution >= 0.6 is 0 Å². The van der Waals surface area contributed by atoms with Gasteiger partial charge in [-0.15, -0.1) is 0 Å². The maximum atomic E-state index is 13.1. The summed E-state index contributed by atoms with van der Waals surface area (Å²) in [5, 5.41) is 3.86. The van der Waals surface area contributed by atoms with E-state index in [1.807, 2.05) is 72.8 Å². The quantitative estimate of drug-likeness (QED) is 0.488. The van der Waals surface area contributed by atoms with Crippen molar-refractivity contribution < 1.29 is 19.0 Å². The third kappa shape index (κ3) is 3.95. The molecule has 1 N–H and O–H groups in total. The molecule has 6 heteroatoms. The summed E-state index contributed by atoms with van der Waals surface area (Å²) in [6.07, 6.45) is 0.730. The molecule has 0 radical (unpaired) electrons. The van der Waals surface area contributed by atoms with Gasteiger partial charge in [-0.1, -0.05) is 30.3 Å². The van der Waals surface area contributed by atoms with Crippen molar-refractivity contribution in [2.45, 2.75) is 6.42 Å². The number of aromatic nitrogens is 1. The monoisotopic (exact) mass is 426 g/mol. The lowest BCUT2D eigenvalue weighted by Crippen LogP contribution is -2.26. The minimum absolute atomic E-state index is 0.126. The van der Waals surface area contributed by atoms with Gasteiger partial charge in [0.1, 0.15) is 5.75 Å². The largest absolute Gasteiger partial charge is 0.497 e. The summed E-state index contributed by atoms with van der Waals surface area (Å²) in [7, 11) is 1.64. The van der Waals surface area contributed by atoms with Gasteiger partial charge in [-0.25, -0.2) is 4.98 Å². The van der Waals surface area contributed by atoms with Gasteiger partial charge in [-0.2, -0.15) is 0 Å². The number of methoxy groups -OCH3 is 1. The molecule has 0 unspecified atom stereocenters. The zero-order valence-electron chi connectivity index (χ0n) is 17.6. The maximum Gasteiger partial charge on any atom is 0.252 e. The minimum atomic E-state index is -0.126. The lowest BCUT2D eigenvalue weighted by molar-refractivity contribution is 0.0955. The number of pyridine rings is 1. The van der Waals surface area contributed by atoms with Gasteiger partial charge in [0.25, 0.3) is 5.91 Å². The van der Waals surface area contributed by atoms with Crippen molar-refractivity contribution in [2.75, 3.05) is 20.4 Å². The van der Waals surface area contributed by atoms with Gasteiger partial charge in [-0.3, -0.25) is 4.79 Å². The van der Waals surface area contributed by atoms with E-state index in [0.717, 1.165) is 34.2 Å². The molecule has 0 aliphatic carbocycles. The Morgan fingerprint density at radius 1 is 1.00 bits per heavy atom. The molecular formula is C26H22N2O4. The zero-order chi connectivity index (χ0) is 21.9. The van der Waals surface area contributed by atoms with Crippen LogP contribution in [0.15, 0.2) is 72.8 Å². The van der Waals surface area contributed by atoms with Crippen LogP contribution in [0.25, 0.3) is 22.2 Å². The highest BCUT2D eigenvalue weighted by atomic mass is 16.7. The van der Waals surface area contributed by atoms with Crippen molar-refractivity contribution in [3.05, 3.63) is 83.9 Å². The Morgan fingerprint density at radius 2 is 1.81 bits per heavy atom. The number of benzene rings is 3. The normalized spacial score (nSPS) is 12.0. The molecule has 6 nitrogen and oxygen atoms in total. The average molecular weight is 426 g/mol. The second-order valence-electron chi connectivity index (χ2n) is 7.49. The minimum Gasteiger partial charge on any atom is -0.497 e. The van der Waals surface area contributed by atoms with Crippen LogP contribution < -0.4 is 19.5 Å². The fourth-order valence-corrected chi connectivity index (χ4v) is 3.77. The van der Waals surface area contributed by atoms with E-state index in [-0.39, 0.29) is 12.7 Å². The van der Waals surface area contributed by atoms with E-state index in [2.05, 4.69) is 5.32 Å². The van der Waals surface area contributed by atoms with Crippen molar-refractivity contribution in [1.82, 2.24) is 10.3 Å². The molecule has 0 bridgehead atoms. The van der Waals surface area contributed by atoms with Crippen molar-refractivity contribution >= 4 is 16.8 Å². The van der Waals surface area contributed by atoms with E-state index < -0.39 is 0 Å². The standard InChI is InChI=1S/C26H22N2O4/c1-30-19-9-6-17(7-10-19)12-13-27-26(29)21-15-23(28-22-5-3-2-4-20(21)22)18-8-11-24-25(14-18)32-16-31-24/h2-11,14-15H,12-13,16H2,1H3,(H,27,29). The third-order valence-corrected chi connectivity index (χ3v) is 5.49. The Hall–Kier alpha value is -4.06. The summed E-state index contributed by atoms with van der Waals surface area (Å²) in [6, 6.07) is 23.0. The number of carbonyl (C=O) groups is 1. The van der Waals surface area contributed by atoms with Crippen LogP contribution in [0, 0.1) is 0 Å². The lowest BCUT2D eigenvalue weighted by Gasteiger charge is -2.11. The van der Waals surface area contributed by atoms with Crippen LogP contribution in [0.5, 0.6) is 17.2 Å². The number of amides is 1. The average Bonchev–Trinajstić information content (AvgIpc) is 3.31. The van der Waals surface area contributed by atoms with E-state index >= 15 is 0 Å². The van der Waals surface area contributed by atoms with E-state index in [4.69, 9.17) is 19.2 Å². The third-order valence-electron chi connectivity index (χ3n) is 5.49. The Balaban J connectivity index is 1.40. The van der Waals surface area contributed by atoms with E-state index in [0.29, 0.717) is 29.3 Å². The summed E-state index contributed by atoms with van der Waals surface area (Å²) in [6.45, 7) is 0.743. The van der Waals surface area contributed by atoms with Crippen molar-refractivity contribution in [2.24, 2.45) is 0 Å². The molecule has 1 aliphatic rings. The predicted octanol–water partition coefficient (Wildman–Crippen LogP) is 4.61. The highest BCUT2D eigenvalue weighted by Gasteiger charge is 2.17. The Kier molecular flexibility index (Phi) is 5.34. The summed E-state index contributed by atoms with van der Waals surface area (Å²) >= 11 is 0. The molecule has 0 spiro atoms. The van der Waals surface area contributed by atoms with Gasteiger partial charge in [0.2, 0.25) is 6.79 Å². The fraction of sp³-hybridized carbons (Fsp3) is 0.154.